The quantitative estimate of drug-likeness (QED) is 0.867. The summed E-state index contributed by atoms with van der Waals surface area (Å²) in [5, 5.41) is 4.30. The molecule has 7 heteroatoms. The SMILES string of the molecule is Cc1nn(C(C)C)c(C)c1NS(=O)(=O)CBr. The lowest BCUT2D eigenvalue weighted by molar-refractivity contribution is 0.516. The Kier molecular flexibility index (Phi) is 4.01. The molecular weight excluding hydrogens is 294 g/mol. The molecule has 1 rings (SSSR count). The first kappa shape index (κ1) is 13.5. The van der Waals surface area contributed by atoms with Gasteiger partial charge >= 0.3 is 0 Å². The molecule has 1 heterocycles. The van der Waals surface area contributed by atoms with Crippen LogP contribution in [0.3, 0.4) is 0 Å². The lowest BCUT2D eigenvalue weighted by Crippen LogP contribution is -2.14. The Hall–Kier alpha value is -0.560. The van der Waals surface area contributed by atoms with Crippen LogP contribution in [0, 0.1) is 13.8 Å². The predicted octanol–water partition coefficient (Wildman–Crippen LogP) is 2.17. The Morgan fingerprint density at radius 1 is 1.44 bits per heavy atom. The number of halogens is 1. The molecule has 0 aliphatic rings. The van der Waals surface area contributed by atoms with E-state index in [0.717, 1.165) is 5.69 Å². The minimum absolute atomic E-state index is 0.119. The number of nitrogens with one attached hydrogen (secondary N) is 1. The highest BCUT2D eigenvalue weighted by atomic mass is 79.9. The summed E-state index contributed by atoms with van der Waals surface area (Å²) in [4.78, 5) is 0. The van der Waals surface area contributed by atoms with E-state index in [4.69, 9.17) is 0 Å². The molecule has 0 saturated heterocycles. The molecule has 0 aliphatic carbocycles. The van der Waals surface area contributed by atoms with Crippen LogP contribution in [0.25, 0.3) is 0 Å². The normalized spacial score (nSPS) is 12.1. The zero-order valence-electron chi connectivity index (χ0n) is 9.78. The maximum atomic E-state index is 11.5. The van der Waals surface area contributed by atoms with E-state index < -0.39 is 10.0 Å². The van der Waals surface area contributed by atoms with Crippen molar-refractivity contribution >= 4 is 31.6 Å². The average Bonchev–Trinajstić information content (AvgIpc) is 2.45. The summed E-state index contributed by atoms with van der Waals surface area (Å²) in [5.41, 5.74) is 2.10. The standard InChI is InChI=1S/C9H16BrN3O2S/c1-6(2)13-8(4)9(7(3)11-13)12-16(14,15)5-10/h6,12H,5H2,1-4H3. The number of rotatable bonds is 4. The van der Waals surface area contributed by atoms with E-state index in [2.05, 4.69) is 25.8 Å². The van der Waals surface area contributed by atoms with Crippen molar-refractivity contribution < 1.29 is 8.42 Å². The second kappa shape index (κ2) is 4.75. The fraction of sp³-hybridized carbons (Fsp3) is 0.667. The van der Waals surface area contributed by atoms with Gasteiger partial charge in [-0.15, -0.1) is 0 Å². The van der Waals surface area contributed by atoms with Gasteiger partial charge in [0, 0.05) is 6.04 Å². The van der Waals surface area contributed by atoms with Gasteiger partial charge in [-0.3, -0.25) is 9.40 Å². The number of hydrogen-bond acceptors (Lipinski definition) is 3. The first-order valence-electron chi connectivity index (χ1n) is 4.90. The zero-order valence-corrected chi connectivity index (χ0v) is 12.2. The highest BCUT2D eigenvalue weighted by Crippen LogP contribution is 2.23. The monoisotopic (exact) mass is 309 g/mol. The third kappa shape index (κ3) is 2.76. The van der Waals surface area contributed by atoms with Crippen LogP contribution in [0.1, 0.15) is 31.3 Å². The predicted molar refractivity (Wildman–Crippen MR) is 68.4 cm³/mol. The molecule has 16 heavy (non-hydrogen) atoms. The van der Waals surface area contributed by atoms with Gasteiger partial charge in [0.15, 0.2) is 0 Å². The third-order valence-corrected chi connectivity index (χ3v) is 4.83. The molecule has 0 radical (unpaired) electrons. The fourth-order valence-corrected chi connectivity index (χ4v) is 2.50. The summed E-state index contributed by atoms with van der Waals surface area (Å²) in [5.74, 6) is 0. The van der Waals surface area contributed by atoms with Crippen molar-refractivity contribution in [3.8, 4) is 0 Å². The van der Waals surface area contributed by atoms with Crippen LogP contribution < -0.4 is 4.72 Å². The number of alkyl halides is 1. The van der Waals surface area contributed by atoms with Gasteiger partial charge in [0.1, 0.15) is 4.66 Å². The van der Waals surface area contributed by atoms with E-state index in [-0.39, 0.29) is 10.7 Å². The second-order valence-electron chi connectivity index (χ2n) is 3.91. The van der Waals surface area contributed by atoms with Gasteiger partial charge in [-0.2, -0.15) is 5.10 Å². The molecule has 0 saturated carbocycles. The van der Waals surface area contributed by atoms with Crippen molar-refractivity contribution in [2.24, 2.45) is 0 Å². The molecule has 1 aromatic heterocycles. The summed E-state index contributed by atoms with van der Waals surface area (Å²) in [6.07, 6.45) is 0. The Morgan fingerprint density at radius 3 is 2.38 bits per heavy atom. The molecule has 0 amide bonds. The summed E-state index contributed by atoms with van der Waals surface area (Å²) in [7, 11) is -3.32. The highest BCUT2D eigenvalue weighted by molar-refractivity contribution is 9.10. The first-order valence-corrected chi connectivity index (χ1v) is 7.68. The lowest BCUT2D eigenvalue weighted by Gasteiger charge is -2.09. The van der Waals surface area contributed by atoms with Crippen molar-refractivity contribution in [3.63, 3.8) is 0 Å². The molecule has 0 aromatic carbocycles. The number of hydrogen-bond donors (Lipinski definition) is 1. The van der Waals surface area contributed by atoms with Crippen molar-refractivity contribution in [1.29, 1.82) is 0 Å². The topological polar surface area (TPSA) is 64.0 Å². The highest BCUT2D eigenvalue weighted by Gasteiger charge is 2.17. The van der Waals surface area contributed by atoms with Gasteiger partial charge in [-0.25, -0.2) is 8.42 Å². The zero-order chi connectivity index (χ0) is 12.5. The second-order valence-corrected chi connectivity index (χ2v) is 6.94. The molecule has 0 unspecified atom stereocenters. The van der Waals surface area contributed by atoms with E-state index in [1.807, 2.05) is 20.8 Å². The van der Waals surface area contributed by atoms with Crippen LogP contribution in [0.2, 0.25) is 0 Å². The van der Waals surface area contributed by atoms with Crippen molar-refractivity contribution in [2.75, 3.05) is 9.38 Å². The van der Waals surface area contributed by atoms with Gasteiger partial charge in [0.25, 0.3) is 0 Å². The smallest absolute Gasteiger partial charge is 0.242 e. The van der Waals surface area contributed by atoms with E-state index in [1.54, 1.807) is 11.6 Å². The van der Waals surface area contributed by atoms with E-state index >= 15 is 0 Å². The fourth-order valence-electron chi connectivity index (χ4n) is 1.50. The molecule has 1 aromatic rings. The number of nitrogens with zero attached hydrogens (tertiary/aromatic N) is 2. The molecular formula is C9H16BrN3O2S. The lowest BCUT2D eigenvalue weighted by atomic mass is 10.3. The summed E-state index contributed by atoms with van der Waals surface area (Å²) in [6.45, 7) is 7.65. The largest absolute Gasteiger partial charge is 0.279 e. The third-order valence-electron chi connectivity index (χ3n) is 2.22. The molecule has 0 spiro atoms. The van der Waals surface area contributed by atoms with Crippen LogP contribution in [-0.2, 0) is 10.0 Å². The number of aromatic nitrogens is 2. The van der Waals surface area contributed by atoms with Gasteiger partial charge in [-0.05, 0) is 27.7 Å². The van der Waals surface area contributed by atoms with Crippen molar-refractivity contribution in [1.82, 2.24) is 9.78 Å². The van der Waals surface area contributed by atoms with Crippen LogP contribution in [-0.4, -0.2) is 22.9 Å². The number of anilines is 1. The summed E-state index contributed by atoms with van der Waals surface area (Å²) >= 11 is 2.94. The Balaban J connectivity index is 3.16. The maximum Gasteiger partial charge on any atom is 0.242 e. The molecule has 0 fully saturated rings. The Bertz CT molecular complexity index is 479. The molecule has 92 valence electrons. The molecule has 0 aliphatic heterocycles. The molecule has 1 N–H and O–H groups in total. The average molecular weight is 310 g/mol. The summed E-state index contributed by atoms with van der Waals surface area (Å²) < 4.78 is 27.1. The van der Waals surface area contributed by atoms with Crippen LogP contribution in [0.4, 0.5) is 5.69 Å². The van der Waals surface area contributed by atoms with Crippen LogP contribution in [0.5, 0.6) is 0 Å². The van der Waals surface area contributed by atoms with Crippen LogP contribution >= 0.6 is 15.9 Å². The number of sulfonamides is 1. The van der Waals surface area contributed by atoms with Gasteiger partial charge in [0.05, 0.1) is 17.1 Å². The first-order chi connectivity index (χ1) is 7.28. The molecule has 5 nitrogen and oxygen atoms in total. The minimum Gasteiger partial charge on any atom is -0.279 e. The van der Waals surface area contributed by atoms with Crippen LogP contribution in [0.15, 0.2) is 0 Å². The van der Waals surface area contributed by atoms with Gasteiger partial charge in [-0.1, -0.05) is 15.9 Å². The maximum absolute atomic E-state index is 11.5. The Morgan fingerprint density at radius 2 is 2.00 bits per heavy atom. The van der Waals surface area contributed by atoms with E-state index in [0.29, 0.717) is 11.4 Å². The van der Waals surface area contributed by atoms with E-state index in [9.17, 15) is 8.42 Å². The number of aryl methyl sites for hydroxylation is 1. The van der Waals surface area contributed by atoms with Gasteiger partial charge < -0.3 is 0 Å². The van der Waals surface area contributed by atoms with Gasteiger partial charge in [0.2, 0.25) is 10.0 Å². The molecule has 0 atom stereocenters. The molecule has 0 bridgehead atoms. The van der Waals surface area contributed by atoms with Crippen molar-refractivity contribution in [2.45, 2.75) is 33.7 Å². The van der Waals surface area contributed by atoms with Crippen molar-refractivity contribution in [3.05, 3.63) is 11.4 Å². The van der Waals surface area contributed by atoms with E-state index in [1.165, 1.54) is 0 Å². The summed E-state index contributed by atoms with van der Waals surface area (Å²) in [6, 6.07) is 0.209. The Labute approximate surface area is 104 Å². The minimum atomic E-state index is -3.32.